The Bertz CT molecular complexity index is 1340. The third-order valence-corrected chi connectivity index (χ3v) is 5.41. The third kappa shape index (κ3) is 4.80. The molecule has 0 spiro atoms. The maximum atomic E-state index is 13.6. The summed E-state index contributed by atoms with van der Waals surface area (Å²) < 4.78 is 39.6. The van der Waals surface area contributed by atoms with E-state index in [-0.39, 0.29) is 12.2 Å². The average Bonchev–Trinajstić information content (AvgIpc) is 2.82. The molecule has 4 rings (SSSR count). The van der Waals surface area contributed by atoms with Gasteiger partial charge in [0.15, 0.2) is 0 Å². The Kier molecular flexibility index (Phi) is 6.14. The molecule has 0 bridgehead atoms. The molecule has 4 aromatic rings. The molecule has 0 aliphatic rings. The number of nitrogens with two attached hydrogens (primary N) is 1. The van der Waals surface area contributed by atoms with Crippen LogP contribution in [-0.2, 0) is 12.7 Å². The number of hydrogen-bond acceptors (Lipinski definition) is 6. The van der Waals surface area contributed by atoms with E-state index in [4.69, 9.17) is 5.73 Å². The number of carbonyl (C=O) groups excluding carboxylic acids is 1. The second-order valence-electron chi connectivity index (χ2n) is 7.83. The van der Waals surface area contributed by atoms with Gasteiger partial charge in [0.2, 0.25) is 0 Å². The first-order valence-corrected chi connectivity index (χ1v) is 10.4. The molecule has 1 amide bonds. The van der Waals surface area contributed by atoms with Crippen molar-refractivity contribution in [1.82, 2.24) is 24.8 Å². The number of fused-ring (bicyclic) bond motifs is 1. The number of rotatable bonds is 5. The fraction of sp³-hybridized carbons (Fsp3) is 0.208. The van der Waals surface area contributed by atoms with Gasteiger partial charge < -0.3 is 10.6 Å². The molecular weight excluding hydrogens is 445 g/mol. The highest BCUT2D eigenvalue weighted by molar-refractivity contribution is 5.98. The van der Waals surface area contributed by atoms with Crippen LogP contribution in [0.2, 0.25) is 0 Å². The second-order valence-corrected chi connectivity index (χ2v) is 7.83. The molecule has 3 aromatic heterocycles. The lowest BCUT2D eigenvalue weighted by atomic mass is 10.1. The van der Waals surface area contributed by atoms with Crippen molar-refractivity contribution in [3.8, 4) is 0 Å². The van der Waals surface area contributed by atoms with Gasteiger partial charge in [0.05, 0.1) is 23.8 Å². The predicted octanol–water partition coefficient (Wildman–Crippen LogP) is 4.73. The zero-order valence-corrected chi connectivity index (χ0v) is 18.4. The van der Waals surface area contributed by atoms with E-state index in [1.54, 1.807) is 43.6 Å². The van der Waals surface area contributed by atoms with Gasteiger partial charge in [-0.3, -0.25) is 4.79 Å². The zero-order chi connectivity index (χ0) is 24.5. The van der Waals surface area contributed by atoms with Crippen molar-refractivity contribution in [3.63, 3.8) is 0 Å². The molecule has 2 N–H and O–H groups in total. The normalized spacial score (nSPS) is 12.5. The first kappa shape index (κ1) is 23.1. The number of aromatic nitrogens is 4. The Labute approximate surface area is 193 Å². The van der Waals surface area contributed by atoms with Gasteiger partial charge in [-0.15, -0.1) is 0 Å². The molecule has 7 nitrogen and oxygen atoms in total. The lowest BCUT2D eigenvalue weighted by molar-refractivity contribution is -0.141. The number of benzene rings is 1. The number of anilines is 1. The molecule has 1 unspecified atom stereocenters. The van der Waals surface area contributed by atoms with E-state index in [1.807, 2.05) is 13.0 Å². The molecule has 0 fully saturated rings. The lowest BCUT2D eigenvalue weighted by Gasteiger charge is -2.28. The summed E-state index contributed by atoms with van der Waals surface area (Å²) in [5.41, 5.74) is 6.69. The highest BCUT2D eigenvalue weighted by atomic mass is 19.4. The summed E-state index contributed by atoms with van der Waals surface area (Å²) in [6.07, 6.45) is -1.51. The number of pyridine rings is 2. The number of alkyl halides is 3. The summed E-state index contributed by atoms with van der Waals surface area (Å²) in [6, 6.07) is 11.4. The van der Waals surface area contributed by atoms with Gasteiger partial charge in [-0.05, 0) is 61.9 Å². The minimum atomic E-state index is -4.59. The van der Waals surface area contributed by atoms with Crippen molar-refractivity contribution in [3.05, 3.63) is 89.3 Å². The first-order chi connectivity index (χ1) is 16.1. The fourth-order valence-electron chi connectivity index (χ4n) is 3.55. The van der Waals surface area contributed by atoms with E-state index >= 15 is 0 Å². The summed E-state index contributed by atoms with van der Waals surface area (Å²) >= 11 is 0. The van der Waals surface area contributed by atoms with Gasteiger partial charge >= 0.3 is 6.18 Å². The lowest BCUT2D eigenvalue weighted by Crippen LogP contribution is -2.34. The van der Waals surface area contributed by atoms with Crippen LogP contribution in [0, 0.1) is 6.92 Å². The van der Waals surface area contributed by atoms with Gasteiger partial charge in [0, 0.05) is 23.3 Å². The molecule has 174 valence electrons. The van der Waals surface area contributed by atoms with Gasteiger partial charge in [-0.1, -0.05) is 6.07 Å². The molecule has 1 aromatic carbocycles. The molecule has 34 heavy (non-hydrogen) atoms. The van der Waals surface area contributed by atoms with Crippen molar-refractivity contribution < 1.29 is 18.0 Å². The third-order valence-electron chi connectivity index (χ3n) is 5.41. The van der Waals surface area contributed by atoms with E-state index in [9.17, 15) is 18.0 Å². The topological polar surface area (TPSA) is 97.9 Å². The molecule has 0 aliphatic carbocycles. The minimum Gasteiger partial charge on any atom is -0.383 e. The minimum absolute atomic E-state index is 0.0945. The van der Waals surface area contributed by atoms with E-state index < -0.39 is 23.8 Å². The van der Waals surface area contributed by atoms with Gasteiger partial charge in [-0.2, -0.15) is 13.2 Å². The van der Waals surface area contributed by atoms with Gasteiger partial charge in [-0.25, -0.2) is 19.9 Å². The number of nitrogen functional groups attached to an aromatic ring is 1. The predicted molar refractivity (Wildman–Crippen MR) is 120 cm³/mol. The second kappa shape index (κ2) is 9.05. The molecule has 0 radical (unpaired) electrons. The van der Waals surface area contributed by atoms with Crippen molar-refractivity contribution >= 4 is 22.6 Å². The van der Waals surface area contributed by atoms with Crippen LogP contribution in [0.4, 0.5) is 19.0 Å². The molecule has 10 heteroatoms. The average molecular weight is 466 g/mol. The SMILES string of the molecule is Cc1cc2cc(C(=O)N(Cc3cccc(C(F)(F)F)n3)C(C)c3ncccn3)ccc2nc1N. The van der Waals surface area contributed by atoms with E-state index in [0.717, 1.165) is 17.0 Å². The van der Waals surface area contributed by atoms with Crippen molar-refractivity contribution in [1.29, 1.82) is 0 Å². The summed E-state index contributed by atoms with van der Waals surface area (Å²) in [7, 11) is 0. The molecule has 1 atom stereocenters. The number of carbonyl (C=O) groups is 1. The number of aryl methyl sites for hydroxylation is 1. The molecule has 0 saturated carbocycles. The van der Waals surface area contributed by atoms with Crippen molar-refractivity contribution in [2.24, 2.45) is 0 Å². The molecule has 3 heterocycles. The Morgan fingerprint density at radius 2 is 1.79 bits per heavy atom. The summed E-state index contributed by atoms with van der Waals surface area (Å²) in [4.78, 5) is 31.5. The van der Waals surface area contributed by atoms with Crippen molar-refractivity contribution in [2.45, 2.75) is 32.6 Å². The van der Waals surface area contributed by atoms with Crippen LogP contribution in [0.15, 0.2) is 60.9 Å². The van der Waals surface area contributed by atoms with Crippen LogP contribution in [0.25, 0.3) is 10.9 Å². The van der Waals surface area contributed by atoms with E-state index in [2.05, 4.69) is 19.9 Å². The monoisotopic (exact) mass is 466 g/mol. The van der Waals surface area contributed by atoms with Gasteiger partial charge in [0.25, 0.3) is 5.91 Å². The standard InChI is InChI=1S/C24H21F3N6O/c1-14-11-17-12-16(7-8-19(17)32-21(14)28)23(34)33(15(2)22-29-9-4-10-30-22)13-18-5-3-6-20(31-18)24(25,26)27/h3-12,15H,13H2,1-2H3,(H2,28,32). The van der Waals surface area contributed by atoms with Crippen LogP contribution in [0.3, 0.4) is 0 Å². The van der Waals surface area contributed by atoms with Crippen LogP contribution in [0.5, 0.6) is 0 Å². The number of halogens is 3. The van der Waals surface area contributed by atoms with Crippen LogP contribution < -0.4 is 5.73 Å². The zero-order valence-electron chi connectivity index (χ0n) is 18.4. The summed E-state index contributed by atoms with van der Waals surface area (Å²) in [5, 5.41) is 0.721. The number of nitrogens with zero attached hydrogens (tertiary/aromatic N) is 5. The Morgan fingerprint density at radius 1 is 1.06 bits per heavy atom. The van der Waals surface area contributed by atoms with Crippen LogP contribution in [0.1, 0.15) is 46.1 Å². The van der Waals surface area contributed by atoms with E-state index in [0.29, 0.717) is 22.7 Å². The van der Waals surface area contributed by atoms with Crippen LogP contribution >= 0.6 is 0 Å². The summed E-state index contributed by atoms with van der Waals surface area (Å²) in [5.74, 6) is 0.350. The smallest absolute Gasteiger partial charge is 0.383 e. The molecular formula is C24H21F3N6O. The number of hydrogen-bond donors (Lipinski definition) is 1. The maximum absolute atomic E-state index is 13.6. The Hall–Kier alpha value is -4.08. The van der Waals surface area contributed by atoms with Crippen LogP contribution in [-0.4, -0.2) is 30.7 Å². The van der Waals surface area contributed by atoms with E-state index in [1.165, 1.54) is 17.0 Å². The Balaban J connectivity index is 1.74. The Morgan fingerprint density at radius 3 is 2.50 bits per heavy atom. The van der Waals surface area contributed by atoms with Gasteiger partial charge in [0.1, 0.15) is 17.3 Å². The van der Waals surface area contributed by atoms with Crippen molar-refractivity contribution in [2.75, 3.05) is 5.73 Å². The molecule has 0 saturated heterocycles. The first-order valence-electron chi connectivity index (χ1n) is 10.4. The quantitative estimate of drug-likeness (QED) is 0.457. The molecule has 0 aliphatic heterocycles. The largest absolute Gasteiger partial charge is 0.433 e. The summed E-state index contributed by atoms with van der Waals surface area (Å²) in [6.45, 7) is 3.37. The number of amides is 1. The fourth-order valence-corrected chi connectivity index (χ4v) is 3.55. The maximum Gasteiger partial charge on any atom is 0.433 e. The highest BCUT2D eigenvalue weighted by Crippen LogP contribution is 2.29. The highest BCUT2D eigenvalue weighted by Gasteiger charge is 2.33.